The first-order chi connectivity index (χ1) is 12.8. The molecule has 1 unspecified atom stereocenters. The van der Waals surface area contributed by atoms with Gasteiger partial charge in [-0.2, -0.15) is 13.2 Å². The number of amides is 2. The Balaban J connectivity index is 1.58. The zero-order chi connectivity index (χ0) is 19.2. The molecule has 27 heavy (non-hydrogen) atoms. The van der Waals surface area contributed by atoms with E-state index < -0.39 is 29.6 Å². The summed E-state index contributed by atoms with van der Waals surface area (Å²) in [5, 5.41) is 3.99. The molecule has 0 radical (unpaired) electrons. The van der Waals surface area contributed by atoms with Gasteiger partial charge < -0.3 is 10.3 Å². The topological polar surface area (TPSA) is 65.2 Å². The fourth-order valence-corrected chi connectivity index (χ4v) is 3.18. The number of anilines is 2. The SMILES string of the molecule is O=C1CC(Nc2ccc3cc[nH]c3c2)C(=O)N1c1cccc(C(F)(F)F)c1. The minimum absolute atomic E-state index is 0.0797. The van der Waals surface area contributed by atoms with Crippen molar-refractivity contribution < 1.29 is 22.8 Å². The largest absolute Gasteiger partial charge is 0.416 e. The zero-order valence-electron chi connectivity index (χ0n) is 13.9. The molecule has 1 saturated heterocycles. The Labute approximate surface area is 151 Å². The first-order valence-electron chi connectivity index (χ1n) is 8.21. The maximum absolute atomic E-state index is 12.9. The van der Waals surface area contributed by atoms with Gasteiger partial charge in [0.1, 0.15) is 6.04 Å². The highest BCUT2D eigenvalue weighted by molar-refractivity contribution is 6.23. The van der Waals surface area contributed by atoms with Crippen LogP contribution in [-0.4, -0.2) is 22.8 Å². The Morgan fingerprint density at radius 3 is 2.67 bits per heavy atom. The van der Waals surface area contributed by atoms with E-state index in [1.54, 1.807) is 18.3 Å². The number of aromatic amines is 1. The summed E-state index contributed by atoms with van der Waals surface area (Å²) < 4.78 is 38.7. The number of aromatic nitrogens is 1. The molecule has 1 atom stereocenters. The van der Waals surface area contributed by atoms with Crippen LogP contribution in [0.3, 0.4) is 0 Å². The maximum Gasteiger partial charge on any atom is 0.416 e. The molecule has 0 spiro atoms. The van der Waals surface area contributed by atoms with E-state index in [1.807, 2.05) is 12.1 Å². The molecule has 0 aliphatic carbocycles. The number of fused-ring (bicyclic) bond motifs is 1. The summed E-state index contributed by atoms with van der Waals surface area (Å²) in [6.07, 6.45) is -2.89. The molecule has 138 valence electrons. The van der Waals surface area contributed by atoms with Gasteiger partial charge >= 0.3 is 6.18 Å². The average Bonchev–Trinajstić information content (AvgIpc) is 3.18. The number of carbonyl (C=O) groups excluding carboxylic acids is 2. The van der Waals surface area contributed by atoms with Crippen LogP contribution in [0.5, 0.6) is 0 Å². The van der Waals surface area contributed by atoms with Gasteiger partial charge in [-0.1, -0.05) is 12.1 Å². The Bertz CT molecular complexity index is 1040. The Hall–Kier alpha value is -3.29. The second-order valence-corrected chi connectivity index (χ2v) is 6.30. The van der Waals surface area contributed by atoms with Gasteiger partial charge in [-0.3, -0.25) is 9.59 Å². The predicted molar refractivity (Wildman–Crippen MR) is 94.3 cm³/mol. The Morgan fingerprint density at radius 1 is 1.07 bits per heavy atom. The third-order valence-electron chi connectivity index (χ3n) is 4.47. The van der Waals surface area contributed by atoms with Gasteiger partial charge in [0, 0.05) is 17.4 Å². The molecule has 2 heterocycles. The van der Waals surface area contributed by atoms with Crippen molar-refractivity contribution in [3.63, 3.8) is 0 Å². The van der Waals surface area contributed by atoms with E-state index in [-0.39, 0.29) is 12.1 Å². The van der Waals surface area contributed by atoms with Gasteiger partial charge in [0.15, 0.2) is 0 Å². The van der Waals surface area contributed by atoms with Crippen LogP contribution >= 0.6 is 0 Å². The van der Waals surface area contributed by atoms with Crippen molar-refractivity contribution in [2.45, 2.75) is 18.6 Å². The Morgan fingerprint density at radius 2 is 1.89 bits per heavy atom. The maximum atomic E-state index is 12.9. The lowest BCUT2D eigenvalue weighted by Gasteiger charge is -2.17. The highest BCUT2D eigenvalue weighted by Crippen LogP contribution is 2.33. The molecule has 3 aromatic rings. The summed E-state index contributed by atoms with van der Waals surface area (Å²) in [4.78, 5) is 28.8. The number of carbonyl (C=O) groups is 2. The number of hydrogen-bond acceptors (Lipinski definition) is 3. The van der Waals surface area contributed by atoms with E-state index in [2.05, 4.69) is 10.3 Å². The minimum Gasteiger partial charge on any atom is -0.373 e. The second kappa shape index (κ2) is 6.15. The zero-order valence-corrected chi connectivity index (χ0v) is 13.9. The van der Waals surface area contributed by atoms with Crippen molar-refractivity contribution in [3.05, 3.63) is 60.3 Å². The third kappa shape index (κ3) is 3.14. The number of rotatable bonds is 3. The van der Waals surface area contributed by atoms with Crippen LogP contribution in [-0.2, 0) is 15.8 Å². The molecular formula is C19H14F3N3O2. The number of alkyl halides is 3. The van der Waals surface area contributed by atoms with Gasteiger partial charge in [-0.25, -0.2) is 4.90 Å². The van der Waals surface area contributed by atoms with Gasteiger partial charge in [0.05, 0.1) is 17.7 Å². The number of nitrogens with zero attached hydrogens (tertiary/aromatic N) is 1. The summed E-state index contributed by atoms with van der Waals surface area (Å²) in [6, 6.07) is 10.7. The van der Waals surface area contributed by atoms with Crippen LogP contribution in [0.1, 0.15) is 12.0 Å². The Kier molecular flexibility index (Phi) is 3.91. The number of imide groups is 1. The van der Waals surface area contributed by atoms with E-state index in [9.17, 15) is 22.8 Å². The fourth-order valence-electron chi connectivity index (χ4n) is 3.18. The predicted octanol–water partition coefficient (Wildman–Crippen LogP) is 3.93. The molecule has 8 heteroatoms. The minimum atomic E-state index is -4.55. The molecule has 2 N–H and O–H groups in total. The van der Waals surface area contributed by atoms with Crippen LogP contribution in [0.2, 0.25) is 0 Å². The molecule has 0 saturated carbocycles. The van der Waals surface area contributed by atoms with Crippen molar-refractivity contribution in [3.8, 4) is 0 Å². The van der Waals surface area contributed by atoms with Gasteiger partial charge in [0.25, 0.3) is 5.91 Å². The molecule has 2 amide bonds. The summed E-state index contributed by atoms with van der Waals surface area (Å²) >= 11 is 0. The second-order valence-electron chi connectivity index (χ2n) is 6.30. The lowest BCUT2D eigenvalue weighted by atomic mass is 10.2. The molecule has 1 aromatic heterocycles. The van der Waals surface area contributed by atoms with Crippen LogP contribution < -0.4 is 10.2 Å². The van der Waals surface area contributed by atoms with E-state index in [1.165, 1.54) is 12.1 Å². The first kappa shape index (κ1) is 17.1. The third-order valence-corrected chi connectivity index (χ3v) is 4.47. The summed E-state index contributed by atoms with van der Waals surface area (Å²) in [5.41, 5.74) is 0.520. The number of benzene rings is 2. The number of nitrogens with one attached hydrogen (secondary N) is 2. The summed E-state index contributed by atoms with van der Waals surface area (Å²) in [6.45, 7) is 0. The lowest BCUT2D eigenvalue weighted by molar-refractivity contribution is -0.137. The van der Waals surface area contributed by atoms with Crippen LogP contribution in [0.25, 0.3) is 10.9 Å². The molecule has 1 fully saturated rings. The number of halogens is 3. The van der Waals surface area contributed by atoms with Crippen molar-refractivity contribution in [2.24, 2.45) is 0 Å². The first-order valence-corrected chi connectivity index (χ1v) is 8.21. The van der Waals surface area contributed by atoms with Crippen molar-refractivity contribution in [2.75, 3.05) is 10.2 Å². The lowest BCUT2D eigenvalue weighted by Crippen LogP contribution is -2.35. The van der Waals surface area contributed by atoms with Gasteiger partial charge in [-0.05, 0) is 41.8 Å². The summed E-state index contributed by atoms with van der Waals surface area (Å²) in [7, 11) is 0. The monoisotopic (exact) mass is 373 g/mol. The summed E-state index contributed by atoms with van der Waals surface area (Å²) in [5.74, 6) is -1.12. The molecule has 1 aliphatic heterocycles. The molecular weight excluding hydrogens is 359 g/mol. The van der Waals surface area contributed by atoms with E-state index in [0.29, 0.717) is 5.69 Å². The standard InChI is InChI=1S/C19H14F3N3O2/c20-19(21,22)12-2-1-3-14(8-12)25-17(26)10-16(18(25)27)24-13-5-4-11-6-7-23-15(11)9-13/h1-9,16,23-24H,10H2. The smallest absolute Gasteiger partial charge is 0.373 e. The molecule has 2 aromatic carbocycles. The average molecular weight is 373 g/mol. The van der Waals surface area contributed by atoms with Crippen LogP contribution in [0.15, 0.2) is 54.7 Å². The fraction of sp³-hybridized carbons (Fsp3) is 0.158. The van der Waals surface area contributed by atoms with Crippen LogP contribution in [0, 0.1) is 0 Å². The molecule has 4 rings (SSSR count). The molecule has 1 aliphatic rings. The highest BCUT2D eigenvalue weighted by Gasteiger charge is 2.40. The highest BCUT2D eigenvalue weighted by atomic mass is 19.4. The van der Waals surface area contributed by atoms with Crippen LogP contribution in [0.4, 0.5) is 24.5 Å². The molecule has 0 bridgehead atoms. The van der Waals surface area contributed by atoms with E-state index in [0.717, 1.165) is 27.9 Å². The van der Waals surface area contributed by atoms with Crippen molar-refractivity contribution in [1.29, 1.82) is 0 Å². The molecule has 5 nitrogen and oxygen atoms in total. The van der Waals surface area contributed by atoms with Crippen molar-refractivity contribution in [1.82, 2.24) is 4.98 Å². The van der Waals surface area contributed by atoms with E-state index in [4.69, 9.17) is 0 Å². The van der Waals surface area contributed by atoms with Gasteiger partial charge in [0.2, 0.25) is 5.91 Å². The van der Waals surface area contributed by atoms with Gasteiger partial charge in [-0.15, -0.1) is 0 Å². The number of H-pyrrole nitrogens is 1. The van der Waals surface area contributed by atoms with Crippen molar-refractivity contribution >= 4 is 34.1 Å². The number of hydrogen-bond donors (Lipinski definition) is 2. The normalized spacial score (nSPS) is 17.7. The quantitative estimate of drug-likeness (QED) is 0.684. The van der Waals surface area contributed by atoms with E-state index >= 15 is 0 Å².